The van der Waals surface area contributed by atoms with Crippen molar-refractivity contribution >= 4 is 22.1 Å². The van der Waals surface area contributed by atoms with E-state index in [-0.39, 0.29) is 0 Å². The molecule has 0 saturated carbocycles. The summed E-state index contributed by atoms with van der Waals surface area (Å²) in [4.78, 5) is 2.43. The van der Waals surface area contributed by atoms with Crippen LogP contribution in [0.5, 0.6) is 0 Å². The molecule has 0 atom stereocenters. The molecular weight excluding hydrogens is 220 g/mol. The average Bonchev–Trinajstić information content (AvgIpc) is 2.28. The van der Waals surface area contributed by atoms with E-state index in [0.29, 0.717) is 12.1 Å². The van der Waals surface area contributed by atoms with Crippen LogP contribution in [0.2, 0.25) is 0 Å². The molecule has 0 aliphatic carbocycles. The van der Waals surface area contributed by atoms with Crippen molar-refractivity contribution in [1.29, 1.82) is 0 Å². The maximum atomic E-state index is 5.81. The number of hydrogen-bond donors (Lipinski definition) is 1. The van der Waals surface area contributed by atoms with Gasteiger partial charge in [0, 0.05) is 23.5 Å². The number of fused-ring (bicyclic) bond motifs is 1. The zero-order chi connectivity index (χ0) is 13.3. The van der Waals surface area contributed by atoms with Gasteiger partial charge in [-0.3, -0.25) is 0 Å². The smallest absolute Gasteiger partial charge is 0.0377 e. The van der Waals surface area contributed by atoms with Crippen LogP contribution in [0.3, 0.4) is 0 Å². The molecule has 0 aliphatic heterocycles. The Morgan fingerprint density at radius 1 is 0.833 bits per heavy atom. The van der Waals surface area contributed by atoms with E-state index in [1.165, 1.54) is 16.5 Å². The topological polar surface area (TPSA) is 29.3 Å². The summed E-state index contributed by atoms with van der Waals surface area (Å²) in [5.74, 6) is 0. The molecule has 2 N–H and O–H groups in total. The van der Waals surface area contributed by atoms with Crippen molar-refractivity contribution < 1.29 is 0 Å². The second-order valence-electron chi connectivity index (χ2n) is 5.39. The van der Waals surface area contributed by atoms with Crippen molar-refractivity contribution in [2.45, 2.75) is 39.8 Å². The molecule has 18 heavy (non-hydrogen) atoms. The van der Waals surface area contributed by atoms with Crippen LogP contribution >= 0.6 is 0 Å². The predicted molar refractivity (Wildman–Crippen MR) is 81.1 cm³/mol. The number of nitrogen functional groups attached to an aromatic ring is 1. The Kier molecular flexibility index (Phi) is 3.46. The largest absolute Gasteiger partial charge is 0.399 e. The summed E-state index contributed by atoms with van der Waals surface area (Å²) in [6.45, 7) is 8.92. The molecule has 0 aromatic heterocycles. The summed E-state index contributed by atoms with van der Waals surface area (Å²) in [6.07, 6.45) is 0. The monoisotopic (exact) mass is 242 g/mol. The molecule has 0 bridgehead atoms. The fourth-order valence-corrected chi connectivity index (χ4v) is 2.60. The molecule has 0 amide bonds. The zero-order valence-corrected chi connectivity index (χ0v) is 11.6. The highest BCUT2D eigenvalue weighted by atomic mass is 15.2. The highest BCUT2D eigenvalue weighted by molar-refractivity contribution is 5.88. The van der Waals surface area contributed by atoms with Gasteiger partial charge >= 0.3 is 0 Å². The van der Waals surface area contributed by atoms with E-state index in [9.17, 15) is 0 Å². The number of nitrogens with two attached hydrogens (primary N) is 1. The first-order chi connectivity index (χ1) is 8.49. The predicted octanol–water partition coefficient (Wildman–Crippen LogP) is 4.05. The summed E-state index contributed by atoms with van der Waals surface area (Å²) >= 11 is 0. The highest BCUT2D eigenvalue weighted by Gasteiger charge is 2.14. The van der Waals surface area contributed by atoms with Crippen LogP contribution in [-0.2, 0) is 0 Å². The van der Waals surface area contributed by atoms with E-state index < -0.39 is 0 Å². The van der Waals surface area contributed by atoms with Gasteiger partial charge in [0.15, 0.2) is 0 Å². The van der Waals surface area contributed by atoms with Crippen molar-refractivity contribution in [3.63, 3.8) is 0 Å². The fraction of sp³-hybridized carbons (Fsp3) is 0.375. The Hall–Kier alpha value is -1.70. The van der Waals surface area contributed by atoms with E-state index in [1.54, 1.807) is 0 Å². The molecule has 2 nitrogen and oxygen atoms in total. The van der Waals surface area contributed by atoms with Gasteiger partial charge in [-0.15, -0.1) is 0 Å². The van der Waals surface area contributed by atoms with Crippen LogP contribution in [0.1, 0.15) is 27.7 Å². The Morgan fingerprint density at radius 3 is 2.00 bits per heavy atom. The molecule has 0 saturated heterocycles. The van der Waals surface area contributed by atoms with Crippen molar-refractivity contribution in [1.82, 2.24) is 0 Å². The van der Waals surface area contributed by atoms with E-state index >= 15 is 0 Å². The first kappa shape index (κ1) is 12.7. The van der Waals surface area contributed by atoms with Gasteiger partial charge in [0.1, 0.15) is 0 Å². The second kappa shape index (κ2) is 4.89. The molecule has 96 valence electrons. The molecule has 2 aromatic carbocycles. The minimum atomic E-state index is 0.497. The quantitative estimate of drug-likeness (QED) is 0.823. The minimum Gasteiger partial charge on any atom is -0.399 e. The van der Waals surface area contributed by atoms with Crippen LogP contribution in [-0.4, -0.2) is 12.1 Å². The van der Waals surface area contributed by atoms with Gasteiger partial charge in [-0.1, -0.05) is 12.1 Å². The lowest BCUT2D eigenvalue weighted by Gasteiger charge is -2.33. The number of nitrogens with zero attached hydrogens (tertiary/aromatic N) is 1. The van der Waals surface area contributed by atoms with Crippen molar-refractivity contribution in [2.24, 2.45) is 0 Å². The van der Waals surface area contributed by atoms with Gasteiger partial charge < -0.3 is 10.6 Å². The van der Waals surface area contributed by atoms with Crippen molar-refractivity contribution in [3.05, 3.63) is 36.4 Å². The number of benzene rings is 2. The zero-order valence-electron chi connectivity index (χ0n) is 11.6. The van der Waals surface area contributed by atoms with E-state index in [1.807, 2.05) is 12.1 Å². The van der Waals surface area contributed by atoms with E-state index in [2.05, 4.69) is 56.9 Å². The minimum absolute atomic E-state index is 0.497. The van der Waals surface area contributed by atoms with Crippen LogP contribution in [0.25, 0.3) is 10.8 Å². The highest BCUT2D eigenvalue weighted by Crippen LogP contribution is 2.26. The molecule has 0 fully saturated rings. The average molecular weight is 242 g/mol. The Morgan fingerprint density at radius 2 is 1.39 bits per heavy atom. The Bertz CT molecular complexity index is 536. The lowest BCUT2D eigenvalue weighted by molar-refractivity contribution is 0.608. The Labute approximate surface area is 109 Å². The lowest BCUT2D eigenvalue weighted by Crippen LogP contribution is -2.36. The van der Waals surface area contributed by atoms with Crippen LogP contribution in [0.4, 0.5) is 11.4 Å². The van der Waals surface area contributed by atoms with Crippen LogP contribution in [0, 0.1) is 0 Å². The van der Waals surface area contributed by atoms with E-state index in [0.717, 1.165) is 5.69 Å². The first-order valence-corrected chi connectivity index (χ1v) is 6.56. The normalized spacial score (nSPS) is 11.4. The van der Waals surface area contributed by atoms with Gasteiger partial charge in [0.25, 0.3) is 0 Å². The molecule has 0 aliphatic rings. The summed E-state index contributed by atoms with van der Waals surface area (Å²) in [5.41, 5.74) is 7.90. The molecule has 0 unspecified atom stereocenters. The number of hydrogen-bond acceptors (Lipinski definition) is 2. The molecule has 2 aromatic rings. The molecular formula is C16H22N2. The summed E-state index contributed by atoms with van der Waals surface area (Å²) in [6, 6.07) is 13.6. The number of anilines is 2. The standard InChI is InChI=1S/C16H22N2/c1-11(2)18(12(3)4)16-8-6-13-9-15(17)7-5-14(13)10-16/h5-12H,17H2,1-4H3. The third-order valence-corrected chi connectivity index (χ3v) is 3.26. The lowest BCUT2D eigenvalue weighted by atomic mass is 10.1. The first-order valence-electron chi connectivity index (χ1n) is 6.56. The molecule has 0 radical (unpaired) electrons. The Balaban J connectivity index is 2.49. The van der Waals surface area contributed by atoms with Crippen LogP contribution in [0.15, 0.2) is 36.4 Å². The SMILES string of the molecule is CC(C)N(c1ccc2cc(N)ccc2c1)C(C)C. The third-order valence-electron chi connectivity index (χ3n) is 3.26. The summed E-state index contributed by atoms with van der Waals surface area (Å²) in [7, 11) is 0. The molecule has 0 heterocycles. The summed E-state index contributed by atoms with van der Waals surface area (Å²) < 4.78 is 0. The van der Waals surface area contributed by atoms with Gasteiger partial charge in [0.05, 0.1) is 0 Å². The second-order valence-corrected chi connectivity index (χ2v) is 5.39. The van der Waals surface area contributed by atoms with Crippen LogP contribution < -0.4 is 10.6 Å². The van der Waals surface area contributed by atoms with Gasteiger partial charge in [-0.2, -0.15) is 0 Å². The maximum absolute atomic E-state index is 5.81. The van der Waals surface area contributed by atoms with Crippen molar-refractivity contribution in [2.75, 3.05) is 10.6 Å². The third kappa shape index (κ3) is 2.42. The van der Waals surface area contributed by atoms with Gasteiger partial charge in [-0.25, -0.2) is 0 Å². The number of rotatable bonds is 3. The molecule has 0 spiro atoms. The van der Waals surface area contributed by atoms with E-state index in [4.69, 9.17) is 5.73 Å². The molecule has 2 heteroatoms. The van der Waals surface area contributed by atoms with Gasteiger partial charge in [-0.05, 0) is 62.7 Å². The summed E-state index contributed by atoms with van der Waals surface area (Å²) in [5, 5.41) is 2.44. The van der Waals surface area contributed by atoms with Gasteiger partial charge in [0.2, 0.25) is 0 Å². The fourth-order valence-electron chi connectivity index (χ4n) is 2.60. The maximum Gasteiger partial charge on any atom is 0.0377 e. The molecule has 2 rings (SSSR count). The van der Waals surface area contributed by atoms with Crippen molar-refractivity contribution in [3.8, 4) is 0 Å².